The van der Waals surface area contributed by atoms with Crippen molar-refractivity contribution in [2.24, 2.45) is 5.73 Å². The molecular weight excluding hydrogens is 290 g/mol. The molecule has 0 saturated carbocycles. The number of carbonyl (C=O) groups excluding carboxylic acids is 1. The van der Waals surface area contributed by atoms with Crippen LogP contribution in [0.2, 0.25) is 10.0 Å². The van der Waals surface area contributed by atoms with Gasteiger partial charge in [-0.25, -0.2) is 4.39 Å². The molecule has 0 radical (unpaired) electrons. The Bertz CT molecular complexity index is 468. The van der Waals surface area contributed by atoms with Gasteiger partial charge in [-0.15, -0.1) is 0 Å². The third-order valence-corrected chi connectivity index (χ3v) is 3.52. The Labute approximate surface area is 122 Å². The number of nitrogens with one attached hydrogen (secondary N) is 1. The zero-order chi connectivity index (χ0) is 14.6. The summed E-state index contributed by atoms with van der Waals surface area (Å²) in [4.78, 5) is 11.8. The predicted molar refractivity (Wildman–Crippen MR) is 75.9 cm³/mol. The van der Waals surface area contributed by atoms with Crippen LogP contribution in [0.25, 0.3) is 0 Å². The third kappa shape index (κ3) is 4.06. The molecule has 19 heavy (non-hydrogen) atoms. The van der Waals surface area contributed by atoms with Crippen LogP contribution in [-0.2, 0) is 4.79 Å². The second-order valence-corrected chi connectivity index (χ2v) is 5.17. The molecule has 106 valence electrons. The summed E-state index contributed by atoms with van der Waals surface area (Å²) in [6, 6.07) is 1.50. The van der Waals surface area contributed by atoms with Gasteiger partial charge < -0.3 is 11.1 Å². The quantitative estimate of drug-likeness (QED) is 0.819. The van der Waals surface area contributed by atoms with E-state index in [9.17, 15) is 9.18 Å². The molecule has 6 heteroatoms. The standard InChI is InChI=1S/C13H17Cl2FN2O/c1-3-4-10(17)13(19)18-7(2)11-8(14)5-6-9(16)12(11)15/h5-7,10H,3-4,17H2,1-2H3,(H,18,19). The molecule has 0 saturated heterocycles. The van der Waals surface area contributed by atoms with Crippen LogP contribution in [0.1, 0.15) is 38.3 Å². The molecule has 2 unspecified atom stereocenters. The van der Waals surface area contributed by atoms with Gasteiger partial charge in [-0.3, -0.25) is 4.79 Å². The van der Waals surface area contributed by atoms with E-state index in [0.717, 1.165) is 6.42 Å². The van der Waals surface area contributed by atoms with E-state index in [1.54, 1.807) is 6.92 Å². The molecule has 3 N–H and O–H groups in total. The highest BCUT2D eigenvalue weighted by atomic mass is 35.5. The molecule has 0 heterocycles. The number of rotatable bonds is 5. The lowest BCUT2D eigenvalue weighted by molar-refractivity contribution is -0.123. The SMILES string of the molecule is CCCC(N)C(=O)NC(C)c1c(Cl)ccc(F)c1Cl. The Kier molecular flexibility index (Phi) is 6.04. The fraction of sp³-hybridized carbons (Fsp3) is 0.462. The summed E-state index contributed by atoms with van der Waals surface area (Å²) in [6.45, 7) is 3.62. The molecule has 0 fully saturated rings. The number of hydrogen-bond acceptors (Lipinski definition) is 2. The van der Waals surface area contributed by atoms with Gasteiger partial charge in [-0.2, -0.15) is 0 Å². The van der Waals surface area contributed by atoms with Crippen molar-refractivity contribution in [1.29, 1.82) is 0 Å². The summed E-state index contributed by atoms with van der Waals surface area (Å²) in [5.74, 6) is -0.870. The normalized spacial score (nSPS) is 14.0. The average Bonchev–Trinajstić information content (AvgIpc) is 2.34. The molecule has 1 aromatic carbocycles. The van der Waals surface area contributed by atoms with E-state index in [0.29, 0.717) is 17.0 Å². The molecule has 1 aromatic rings. The van der Waals surface area contributed by atoms with E-state index in [2.05, 4.69) is 5.32 Å². The lowest BCUT2D eigenvalue weighted by Gasteiger charge is -2.19. The predicted octanol–water partition coefficient (Wildman–Crippen LogP) is 3.44. The minimum Gasteiger partial charge on any atom is -0.348 e. The largest absolute Gasteiger partial charge is 0.348 e. The van der Waals surface area contributed by atoms with Gasteiger partial charge in [-0.05, 0) is 25.5 Å². The average molecular weight is 307 g/mol. The second kappa shape index (κ2) is 7.08. The Balaban J connectivity index is 2.87. The van der Waals surface area contributed by atoms with E-state index in [-0.39, 0.29) is 10.9 Å². The number of carbonyl (C=O) groups is 1. The van der Waals surface area contributed by atoms with Crippen LogP contribution < -0.4 is 11.1 Å². The monoisotopic (exact) mass is 306 g/mol. The van der Waals surface area contributed by atoms with Crippen molar-refractivity contribution < 1.29 is 9.18 Å². The Morgan fingerprint density at radius 1 is 1.47 bits per heavy atom. The van der Waals surface area contributed by atoms with Crippen LogP contribution >= 0.6 is 23.2 Å². The van der Waals surface area contributed by atoms with Crippen molar-refractivity contribution in [2.75, 3.05) is 0 Å². The van der Waals surface area contributed by atoms with Crippen molar-refractivity contribution >= 4 is 29.1 Å². The molecule has 1 rings (SSSR count). The van der Waals surface area contributed by atoms with Crippen LogP contribution in [-0.4, -0.2) is 11.9 Å². The van der Waals surface area contributed by atoms with E-state index >= 15 is 0 Å². The first-order chi connectivity index (χ1) is 8.88. The lowest BCUT2D eigenvalue weighted by atomic mass is 10.1. The molecule has 0 aliphatic carbocycles. The molecule has 1 amide bonds. The van der Waals surface area contributed by atoms with Crippen LogP contribution in [0.4, 0.5) is 4.39 Å². The van der Waals surface area contributed by atoms with Crippen molar-refractivity contribution in [2.45, 2.75) is 38.8 Å². The van der Waals surface area contributed by atoms with Gasteiger partial charge in [0.2, 0.25) is 5.91 Å². The first kappa shape index (κ1) is 16.2. The van der Waals surface area contributed by atoms with E-state index in [1.165, 1.54) is 12.1 Å². The third-order valence-electron chi connectivity index (χ3n) is 2.81. The van der Waals surface area contributed by atoms with Gasteiger partial charge in [-0.1, -0.05) is 36.5 Å². The molecule has 0 spiro atoms. The number of halogens is 3. The highest BCUT2D eigenvalue weighted by Crippen LogP contribution is 2.32. The Morgan fingerprint density at radius 3 is 2.68 bits per heavy atom. The maximum Gasteiger partial charge on any atom is 0.237 e. The molecule has 0 aliphatic rings. The van der Waals surface area contributed by atoms with Gasteiger partial charge in [0.15, 0.2) is 0 Å². The maximum atomic E-state index is 13.4. The summed E-state index contributed by atoms with van der Waals surface area (Å²) in [5, 5.41) is 2.92. The van der Waals surface area contributed by atoms with Crippen LogP contribution in [0.5, 0.6) is 0 Å². The molecule has 0 aliphatic heterocycles. The summed E-state index contributed by atoms with van der Waals surface area (Å²) in [6.07, 6.45) is 1.40. The summed E-state index contributed by atoms with van der Waals surface area (Å²) in [5.41, 5.74) is 6.07. The topological polar surface area (TPSA) is 55.1 Å². The van der Waals surface area contributed by atoms with Crippen LogP contribution in [0.15, 0.2) is 12.1 Å². The molecular formula is C13H17Cl2FN2O. The van der Waals surface area contributed by atoms with E-state index in [1.807, 2.05) is 6.92 Å². The fourth-order valence-electron chi connectivity index (χ4n) is 1.77. The van der Waals surface area contributed by atoms with Gasteiger partial charge in [0, 0.05) is 10.6 Å². The lowest BCUT2D eigenvalue weighted by Crippen LogP contribution is -2.41. The number of hydrogen-bond donors (Lipinski definition) is 2. The van der Waals surface area contributed by atoms with Crippen molar-refractivity contribution in [3.63, 3.8) is 0 Å². The number of amides is 1. The first-order valence-corrected chi connectivity index (χ1v) is 6.83. The first-order valence-electron chi connectivity index (χ1n) is 6.07. The van der Waals surface area contributed by atoms with E-state index in [4.69, 9.17) is 28.9 Å². The highest BCUT2D eigenvalue weighted by molar-refractivity contribution is 6.36. The van der Waals surface area contributed by atoms with Crippen molar-refractivity contribution in [3.05, 3.63) is 33.6 Å². The fourth-order valence-corrected chi connectivity index (χ4v) is 2.47. The van der Waals surface area contributed by atoms with Gasteiger partial charge in [0.1, 0.15) is 5.82 Å². The molecule has 0 aromatic heterocycles. The highest BCUT2D eigenvalue weighted by Gasteiger charge is 2.21. The van der Waals surface area contributed by atoms with Crippen LogP contribution in [0, 0.1) is 5.82 Å². The number of benzene rings is 1. The number of nitrogens with two attached hydrogens (primary N) is 1. The Morgan fingerprint density at radius 2 is 2.11 bits per heavy atom. The zero-order valence-corrected chi connectivity index (χ0v) is 12.4. The zero-order valence-electron chi connectivity index (χ0n) is 10.8. The molecule has 2 atom stereocenters. The molecule has 0 bridgehead atoms. The van der Waals surface area contributed by atoms with E-state index < -0.39 is 17.9 Å². The van der Waals surface area contributed by atoms with Gasteiger partial charge >= 0.3 is 0 Å². The minimum absolute atomic E-state index is 0.0793. The summed E-state index contributed by atoms with van der Waals surface area (Å²) < 4.78 is 13.4. The van der Waals surface area contributed by atoms with Gasteiger partial charge in [0.25, 0.3) is 0 Å². The van der Waals surface area contributed by atoms with Crippen molar-refractivity contribution in [3.8, 4) is 0 Å². The summed E-state index contributed by atoms with van der Waals surface area (Å²) in [7, 11) is 0. The summed E-state index contributed by atoms with van der Waals surface area (Å²) >= 11 is 11.9. The van der Waals surface area contributed by atoms with Crippen molar-refractivity contribution in [1.82, 2.24) is 5.32 Å². The Hall–Kier alpha value is -0.840. The maximum absolute atomic E-state index is 13.4. The minimum atomic E-state index is -0.585. The molecule has 3 nitrogen and oxygen atoms in total. The van der Waals surface area contributed by atoms with Gasteiger partial charge in [0.05, 0.1) is 17.1 Å². The van der Waals surface area contributed by atoms with Crippen LogP contribution in [0.3, 0.4) is 0 Å². The second-order valence-electron chi connectivity index (χ2n) is 4.38. The smallest absolute Gasteiger partial charge is 0.237 e.